The Labute approximate surface area is 112 Å². The summed E-state index contributed by atoms with van der Waals surface area (Å²) in [5, 5.41) is 0. The van der Waals surface area contributed by atoms with E-state index < -0.39 is 0 Å². The van der Waals surface area contributed by atoms with E-state index in [2.05, 4.69) is 4.98 Å². The summed E-state index contributed by atoms with van der Waals surface area (Å²) in [6, 6.07) is 8.78. The highest BCUT2D eigenvalue weighted by Gasteiger charge is 2.13. The van der Waals surface area contributed by atoms with E-state index in [0.717, 1.165) is 0 Å². The maximum atomic E-state index is 12.2. The van der Waals surface area contributed by atoms with Crippen molar-refractivity contribution in [1.29, 1.82) is 0 Å². The Morgan fingerprint density at radius 1 is 1.11 bits per heavy atom. The Balaban J connectivity index is 2.32. The van der Waals surface area contributed by atoms with Crippen molar-refractivity contribution in [1.82, 2.24) is 4.98 Å². The van der Waals surface area contributed by atoms with Crippen molar-refractivity contribution in [2.45, 2.75) is 13.8 Å². The van der Waals surface area contributed by atoms with Gasteiger partial charge in [-0.05, 0) is 44.2 Å². The Morgan fingerprint density at radius 2 is 1.84 bits per heavy atom. The summed E-state index contributed by atoms with van der Waals surface area (Å²) in [6.45, 7) is 4.90. The highest BCUT2D eigenvalue weighted by Crippen LogP contribution is 2.29. The molecule has 2 aromatic rings. The van der Waals surface area contributed by atoms with Crippen LogP contribution in [-0.4, -0.2) is 24.0 Å². The molecule has 19 heavy (non-hydrogen) atoms. The number of rotatable bonds is 6. The summed E-state index contributed by atoms with van der Waals surface area (Å²) in [7, 11) is 0. The number of H-pyrrole nitrogens is 1. The van der Waals surface area contributed by atoms with Crippen LogP contribution in [0.5, 0.6) is 11.5 Å². The summed E-state index contributed by atoms with van der Waals surface area (Å²) in [5.74, 6) is 1.20. The third-order valence-electron chi connectivity index (χ3n) is 2.65. The van der Waals surface area contributed by atoms with Crippen molar-refractivity contribution >= 4 is 5.78 Å². The molecule has 0 fully saturated rings. The van der Waals surface area contributed by atoms with Crippen LogP contribution in [0.1, 0.15) is 29.9 Å². The fourth-order valence-electron chi connectivity index (χ4n) is 1.82. The third-order valence-corrected chi connectivity index (χ3v) is 2.65. The normalized spacial score (nSPS) is 10.2. The molecule has 0 saturated carbocycles. The van der Waals surface area contributed by atoms with Gasteiger partial charge in [0.25, 0.3) is 0 Å². The van der Waals surface area contributed by atoms with E-state index in [1.165, 1.54) is 0 Å². The lowest BCUT2D eigenvalue weighted by molar-refractivity contribution is 0.103. The van der Waals surface area contributed by atoms with Gasteiger partial charge in [0.15, 0.2) is 11.5 Å². The van der Waals surface area contributed by atoms with Crippen molar-refractivity contribution in [3.8, 4) is 11.5 Å². The Hall–Kier alpha value is -2.23. The van der Waals surface area contributed by atoms with Gasteiger partial charge in [0.2, 0.25) is 5.78 Å². The molecule has 0 bridgehead atoms. The number of benzene rings is 1. The van der Waals surface area contributed by atoms with Crippen molar-refractivity contribution in [3.63, 3.8) is 0 Å². The van der Waals surface area contributed by atoms with Gasteiger partial charge in [-0.2, -0.15) is 0 Å². The van der Waals surface area contributed by atoms with E-state index >= 15 is 0 Å². The lowest BCUT2D eigenvalue weighted by atomic mass is 10.1. The number of nitrogens with one attached hydrogen (secondary N) is 1. The predicted octanol–water partition coefficient (Wildman–Crippen LogP) is 3.04. The Morgan fingerprint density at radius 3 is 2.47 bits per heavy atom. The summed E-state index contributed by atoms with van der Waals surface area (Å²) >= 11 is 0. The maximum absolute atomic E-state index is 12.2. The van der Waals surface area contributed by atoms with Crippen LogP contribution in [0.15, 0.2) is 36.5 Å². The molecule has 0 aliphatic rings. The maximum Gasteiger partial charge on any atom is 0.209 e. The molecular formula is C15H17NO3. The molecular weight excluding hydrogens is 242 g/mol. The molecule has 0 amide bonds. The molecule has 0 spiro atoms. The molecule has 0 aliphatic heterocycles. The number of carbonyl (C=O) groups excluding carboxylic acids is 1. The predicted molar refractivity (Wildman–Crippen MR) is 73.0 cm³/mol. The molecule has 4 nitrogen and oxygen atoms in total. The molecule has 0 saturated heterocycles. The van der Waals surface area contributed by atoms with Crippen molar-refractivity contribution in [3.05, 3.63) is 47.8 Å². The molecule has 4 heteroatoms. The molecule has 1 aromatic carbocycles. The first kappa shape index (κ1) is 13.2. The molecule has 1 heterocycles. The van der Waals surface area contributed by atoms with Crippen LogP contribution in [0.25, 0.3) is 0 Å². The van der Waals surface area contributed by atoms with Gasteiger partial charge in [0, 0.05) is 11.8 Å². The average Bonchev–Trinajstić information content (AvgIpc) is 2.94. The second-order valence-electron chi connectivity index (χ2n) is 3.94. The van der Waals surface area contributed by atoms with Crippen LogP contribution in [0.4, 0.5) is 0 Å². The van der Waals surface area contributed by atoms with Gasteiger partial charge < -0.3 is 14.5 Å². The van der Waals surface area contributed by atoms with Gasteiger partial charge in [-0.1, -0.05) is 0 Å². The first-order valence-electron chi connectivity index (χ1n) is 6.34. The summed E-state index contributed by atoms with van der Waals surface area (Å²) in [6.07, 6.45) is 1.73. The molecule has 2 rings (SSSR count). The molecule has 0 unspecified atom stereocenters. The zero-order valence-electron chi connectivity index (χ0n) is 11.1. The highest BCUT2D eigenvalue weighted by atomic mass is 16.5. The number of aromatic nitrogens is 1. The number of ether oxygens (including phenoxy) is 2. The van der Waals surface area contributed by atoms with Crippen molar-refractivity contribution < 1.29 is 14.3 Å². The smallest absolute Gasteiger partial charge is 0.209 e. The van der Waals surface area contributed by atoms with Crippen LogP contribution in [0.2, 0.25) is 0 Å². The topological polar surface area (TPSA) is 51.3 Å². The van der Waals surface area contributed by atoms with Crippen LogP contribution in [0, 0.1) is 0 Å². The van der Waals surface area contributed by atoms with Crippen LogP contribution in [-0.2, 0) is 0 Å². The number of hydrogen-bond donors (Lipinski definition) is 1. The van der Waals surface area contributed by atoms with Crippen LogP contribution in [0.3, 0.4) is 0 Å². The minimum atomic E-state index is -0.0611. The fraction of sp³-hybridized carbons (Fsp3) is 0.267. The standard InChI is InChI=1S/C15H17NO3/c1-3-18-13-8-7-11(10-14(13)19-4-2)15(17)12-6-5-9-16-12/h5-10,16H,3-4H2,1-2H3. The summed E-state index contributed by atoms with van der Waals surface area (Å²) in [4.78, 5) is 15.1. The SMILES string of the molecule is CCOc1ccc(C(=O)c2ccc[nH]2)cc1OCC. The largest absolute Gasteiger partial charge is 0.490 e. The van der Waals surface area contributed by atoms with E-state index in [4.69, 9.17) is 9.47 Å². The van der Waals surface area contributed by atoms with Gasteiger partial charge in [0.05, 0.1) is 18.9 Å². The van der Waals surface area contributed by atoms with Gasteiger partial charge in [-0.25, -0.2) is 0 Å². The van der Waals surface area contributed by atoms with Crippen LogP contribution < -0.4 is 9.47 Å². The quantitative estimate of drug-likeness (QED) is 0.811. The first-order valence-corrected chi connectivity index (χ1v) is 6.34. The Kier molecular flexibility index (Phi) is 4.23. The zero-order chi connectivity index (χ0) is 13.7. The zero-order valence-corrected chi connectivity index (χ0v) is 11.1. The van der Waals surface area contributed by atoms with Gasteiger partial charge in [0.1, 0.15) is 0 Å². The monoisotopic (exact) mass is 259 g/mol. The van der Waals surface area contributed by atoms with Gasteiger partial charge in [-0.3, -0.25) is 4.79 Å². The average molecular weight is 259 g/mol. The number of aromatic amines is 1. The van der Waals surface area contributed by atoms with E-state index in [0.29, 0.717) is 36.0 Å². The van der Waals surface area contributed by atoms with E-state index in [1.54, 1.807) is 36.5 Å². The van der Waals surface area contributed by atoms with Gasteiger partial charge >= 0.3 is 0 Å². The molecule has 0 aliphatic carbocycles. The lowest BCUT2D eigenvalue weighted by Gasteiger charge is -2.11. The van der Waals surface area contributed by atoms with Crippen molar-refractivity contribution in [2.24, 2.45) is 0 Å². The molecule has 100 valence electrons. The van der Waals surface area contributed by atoms with Crippen molar-refractivity contribution in [2.75, 3.05) is 13.2 Å². The number of ketones is 1. The van der Waals surface area contributed by atoms with Gasteiger partial charge in [-0.15, -0.1) is 0 Å². The lowest BCUT2D eigenvalue weighted by Crippen LogP contribution is -2.04. The molecule has 0 atom stereocenters. The Bertz CT molecular complexity index is 547. The minimum Gasteiger partial charge on any atom is -0.490 e. The van der Waals surface area contributed by atoms with E-state index in [-0.39, 0.29) is 5.78 Å². The summed E-state index contributed by atoms with van der Waals surface area (Å²) in [5.41, 5.74) is 1.14. The highest BCUT2D eigenvalue weighted by molar-refractivity contribution is 6.08. The number of hydrogen-bond acceptors (Lipinski definition) is 3. The second-order valence-corrected chi connectivity index (χ2v) is 3.94. The molecule has 1 aromatic heterocycles. The second kappa shape index (κ2) is 6.09. The minimum absolute atomic E-state index is 0.0611. The summed E-state index contributed by atoms with van der Waals surface area (Å²) < 4.78 is 11.0. The molecule has 1 N–H and O–H groups in total. The molecule has 0 radical (unpaired) electrons. The van der Waals surface area contributed by atoms with E-state index in [9.17, 15) is 4.79 Å². The first-order chi connectivity index (χ1) is 9.26. The third kappa shape index (κ3) is 2.96. The van der Waals surface area contributed by atoms with Crippen LogP contribution >= 0.6 is 0 Å². The number of carbonyl (C=O) groups is 1. The fourth-order valence-corrected chi connectivity index (χ4v) is 1.82. The van der Waals surface area contributed by atoms with E-state index in [1.807, 2.05) is 13.8 Å².